The predicted octanol–water partition coefficient (Wildman–Crippen LogP) is 2.66. The van der Waals surface area contributed by atoms with Crippen molar-refractivity contribution < 1.29 is 22.2 Å². The van der Waals surface area contributed by atoms with Crippen LogP contribution in [0.25, 0.3) is 21.5 Å². The average Bonchev–Trinajstić information content (AvgIpc) is 2.88. The maximum absolute atomic E-state index is 13.3. The van der Waals surface area contributed by atoms with Crippen molar-refractivity contribution in [2.45, 2.75) is 11.8 Å². The molecule has 0 radical (unpaired) electrons. The quantitative estimate of drug-likeness (QED) is 0.458. The summed E-state index contributed by atoms with van der Waals surface area (Å²) in [6, 6.07) is 15.0. The first-order valence-electron chi connectivity index (χ1n) is 9.51. The van der Waals surface area contributed by atoms with Crippen molar-refractivity contribution >= 4 is 31.7 Å². The van der Waals surface area contributed by atoms with Crippen LogP contribution in [-0.4, -0.2) is 27.4 Å². The van der Waals surface area contributed by atoms with Crippen molar-refractivity contribution in [3.05, 3.63) is 86.9 Å². The number of hydrogen-bond donors (Lipinski definition) is 0. The lowest BCUT2D eigenvalue weighted by Crippen LogP contribution is -2.38. The molecule has 1 heterocycles. The summed E-state index contributed by atoms with van der Waals surface area (Å²) in [5.74, 6) is 0.916. The molecule has 0 saturated heterocycles. The minimum absolute atomic E-state index is 0.0743. The highest BCUT2D eigenvalue weighted by Crippen LogP contribution is 2.27. The van der Waals surface area contributed by atoms with Crippen molar-refractivity contribution in [1.29, 1.82) is 0 Å². The molecule has 0 amide bonds. The Balaban J connectivity index is 2.08. The molecule has 4 aromatic rings. The van der Waals surface area contributed by atoms with Crippen LogP contribution in [-0.2, 0) is 10.1 Å². The summed E-state index contributed by atoms with van der Waals surface area (Å²) in [6.07, 6.45) is 0. The van der Waals surface area contributed by atoms with E-state index in [0.29, 0.717) is 22.3 Å². The Kier molecular flexibility index (Phi) is 5.35. The highest BCUT2D eigenvalue weighted by molar-refractivity contribution is 7.87. The van der Waals surface area contributed by atoms with E-state index < -0.39 is 21.2 Å². The molecule has 0 bridgehead atoms. The molecule has 0 spiro atoms. The summed E-state index contributed by atoms with van der Waals surface area (Å²) in [5, 5.41) is 0.918. The second kappa shape index (κ2) is 8.01. The Bertz CT molecular complexity index is 1490. The van der Waals surface area contributed by atoms with E-state index in [9.17, 15) is 18.0 Å². The predicted molar refractivity (Wildman–Crippen MR) is 120 cm³/mol. The zero-order valence-electron chi connectivity index (χ0n) is 17.5. The van der Waals surface area contributed by atoms with E-state index in [1.165, 1.54) is 38.5 Å². The van der Waals surface area contributed by atoms with Crippen LogP contribution < -0.4 is 24.9 Å². The Morgan fingerprint density at radius 1 is 0.688 bits per heavy atom. The monoisotopic (exact) mass is 453 g/mol. The van der Waals surface area contributed by atoms with Crippen LogP contribution in [0.3, 0.4) is 0 Å². The summed E-state index contributed by atoms with van der Waals surface area (Å²) >= 11 is 0. The van der Waals surface area contributed by atoms with Gasteiger partial charge in [0.05, 0.1) is 25.0 Å². The average molecular weight is 453 g/mol. The highest BCUT2D eigenvalue weighted by Gasteiger charge is 2.21. The van der Waals surface area contributed by atoms with Crippen LogP contribution in [0, 0.1) is 6.92 Å². The molecule has 164 valence electrons. The van der Waals surface area contributed by atoms with Gasteiger partial charge in [-0.15, -0.1) is 0 Å². The van der Waals surface area contributed by atoms with E-state index in [-0.39, 0.29) is 20.4 Å². The van der Waals surface area contributed by atoms with E-state index in [0.717, 1.165) is 5.56 Å². The van der Waals surface area contributed by atoms with Gasteiger partial charge in [-0.25, -0.2) is 0 Å². The molecule has 9 heteroatoms. The third-order valence-corrected chi connectivity index (χ3v) is 6.25. The molecule has 4 rings (SSSR count). The van der Waals surface area contributed by atoms with Gasteiger partial charge >= 0.3 is 10.1 Å². The summed E-state index contributed by atoms with van der Waals surface area (Å²) in [7, 11) is -1.51. The summed E-state index contributed by atoms with van der Waals surface area (Å²) in [4.78, 5) is 26.4. The van der Waals surface area contributed by atoms with Crippen LogP contribution in [0.5, 0.6) is 11.5 Å². The molecule has 0 N–H and O–H groups in total. The number of ether oxygens (including phenoxy) is 2. The molecular formula is C23H19NO7S. The lowest BCUT2D eigenvalue weighted by atomic mass is 10.1. The smallest absolute Gasteiger partial charge is 0.357 e. The topological polar surface area (TPSA) is 101 Å². The van der Waals surface area contributed by atoms with Gasteiger partial charge in [0.1, 0.15) is 16.4 Å². The Hall–Kier alpha value is -3.85. The number of rotatable bonds is 5. The van der Waals surface area contributed by atoms with Crippen molar-refractivity contribution in [1.82, 2.24) is 4.73 Å². The number of methoxy groups -OCH3 is 2. The molecule has 8 nitrogen and oxygen atoms in total. The Morgan fingerprint density at radius 3 is 1.59 bits per heavy atom. The fourth-order valence-corrected chi connectivity index (χ4v) is 4.23. The van der Waals surface area contributed by atoms with Gasteiger partial charge in [0, 0.05) is 0 Å². The van der Waals surface area contributed by atoms with Crippen molar-refractivity contribution in [2.75, 3.05) is 14.2 Å². The molecule has 3 aromatic carbocycles. The second-order valence-corrected chi connectivity index (χ2v) is 8.60. The molecule has 0 saturated carbocycles. The molecule has 0 aliphatic heterocycles. The summed E-state index contributed by atoms with van der Waals surface area (Å²) < 4.78 is 41.5. The number of nitrogens with zero attached hydrogens (tertiary/aromatic N) is 1. The standard InChI is InChI=1S/C23H19NO7S/c1-14-4-8-17(9-5-14)32(27,28)31-24-22(25)18-10-6-15(29-2)12-20(18)21-13-16(30-3)7-11-19(21)23(24)26/h4-13H,1-3H3. The Morgan fingerprint density at radius 2 is 1.16 bits per heavy atom. The zero-order valence-corrected chi connectivity index (χ0v) is 18.3. The van der Waals surface area contributed by atoms with E-state index in [1.54, 1.807) is 43.3 Å². The Labute approximate surface area is 183 Å². The van der Waals surface area contributed by atoms with E-state index in [2.05, 4.69) is 0 Å². The van der Waals surface area contributed by atoms with Crippen LogP contribution >= 0.6 is 0 Å². The van der Waals surface area contributed by atoms with Gasteiger partial charge in [0.2, 0.25) is 0 Å². The van der Waals surface area contributed by atoms with Crippen molar-refractivity contribution in [3.63, 3.8) is 0 Å². The van der Waals surface area contributed by atoms with Gasteiger partial charge in [-0.2, -0.15) is 8.42 Å². The fraction of sp³-hybridized carbons (Fsp3) is 0.130. The fourth-order valence-electron chi connectivity index (χ4n) is 3.34. The first-order chi connectivity index (χ1) is 15.2. The van der Waals surface area contributed by atoms with Crippen LogP contribution in [0.4, 0.5) is 0 Å². The SMILES string of the molecule is COc1ccc2c(=O)n(OS(=O)(=O)c3ccc(C)cc3)c(=O)c3ccc(OC)cc3c2c1. The van der Waals surface area contributed by atoms with Gasteiger partial charge in [-0.05, 0) is 66.2 Å². The number of fused-ring (bicyclic) bond motifs is 3. The normalized spacial score (nSPS) is 11.5. The minimum atomic E-state index is -4.45. The highest BCUT2D eigenvalue weighted by atomic mass is 32.2. The first kappa shape index (κ1) is 21.4. The van der Waals surface area contributed by atoms with Gasteiger partial charge in [0.25, 0.3) is 11.1 Å². The maximum atomic E-state index is 13.3. The van der Waals surface area contributed by atoms with E-state index in [1.807, 2.05) is 0 Å². The van der Waals surface area contributed by atoms with E-state index >= 15 is 0 Å². The van der Waals surface area contributed by atoms with Gasteiger partial charge in [-0.1, -0.05) is 22.4 Å². The largest absolute Gasteiger partial charge is 0.497 e. The number of aromatic nitrogens is 1. The zero-order chi connectivity index (χ0) is 23.0. The minimum Gasteiger partial charge on any atom is -0.497 e. The first-order valence-corrected chi connectivity index (χ1v) is 10.9. The summed E-state index contributed by atoms with van der Waals surface area (Å²) in [6.45, 7) is 1.80. The second-order valence-electron chi connectivity index (χ2n) is 7.07. The molecule has 0 aliphatic carbocycles. The lowest BCUT2D eigenvalue weighted by molar-refractivity contribution is 0.261. The summed E-state index contributed by atoms with van der Waals surface area (Å²) in [5.41, 5.74) is -0.992. The van der Waals surface area contributed by atoms with Crippen LogP contribution in [0.2, 0.25) is 0 Å². The third kappa shape index (κ3) is 3.67. The molecule has 32 heavy (non-hydrogen) atoms. The molecule has 0 fully saturated rings. The molecule has 1 aromatic heterocycles. The third-order valence-electron chi connectivity index (χ3n) is 5.06. The lowest BCUT2D eigenvalue weighted by Gasteiger charge is -2.07. The molecule has 0 atom stereocenters. The van der Waals surface area contributed by atoms with Gasteiger partial charge < -0.3 is 9.47 Å². The maximum Gasteiger partial charge on any atom is 0.357 e. The number of benzene rings is 3. The van der Waals surface area contributed by atoms with Crippen molar-refractivity contribution in [3.8, 4) is 11.5 Å². The van der Waals surface area contributed by atoms with Crippen molar-refractivity contribution in [2.24, 2.45) is 0 Å². The molecular weight excluding hydrogens is 434 g/mol. The van der Waals surface area contributed by atoms with Gasteiger partial charge in [-0.3, -0.25) is 13.9 Å². The molecule has 0 aliphatic rings. The van der Waals surface area contributed by atoms with Crippen LogP contribution in [0.1, 0.15) is 5.56 Å². The van der Waals surface area contributed by atoms with Crippen LogP contribution in [0.15, 0.2) is 75.1 Å². The van der Waals surface area contributed by atoms with Gasteiger partial charge in [0.15, 0.2) is 0 Å². The number of hydrogen-bond acceptors (Lipinski definition) is 7. The van der Waals surface area contributed by atoms with E-state index in [4.69, 9.17) is 13.8 Å². The molecule has 0 unspecified atom stereocenters. The number of aryl methyl sites for hydroxylation is 1.